The van der Waals surface area contributed by atoms with Crippen molar-refractivity contribution in [3.05, 3.63) is 24.3 Å². The van der Waals surface area contributed by atoms with Crippen LogP contribution in [0.4, 0.5) is 16.2 Å². The highest BCUT2D eigenvalue weighted by Crippen LogP contribution is 2.26. The van der Waals surface area contributed by atoms with Gasteiger partial charge in [0.2, 0.25) is 0 Å². The molecular weight excluding hydrogens is 278 g/mol. The third-order valence-corrected chi connectivity index (χ3v) is 4.44. The fourth-order valence-electron chi connectivity index (χ4n) is 3.25. The summed E-state index contributed by atoms with van der Waals surface area (Å²) >= 11 is 0. The molecule has 1 heterocycles. The van der Waals surface area contributed by atoms with E-state index < -0.39 is 0 Å². The number of hydrogen-bond acceptors (Lipinski definition) is 3. The summed E-state index contributed by atoms with van der Waals surface area (Å²) < 4.78 is 5.40. The smallest absolute Gasteiger partial charge is 0.319 e. The van der Waals surface area contributed by atoms with E-state index in [1.807, 2.05) is 18.2 Å². The zero-order valence-corrected chi connectivity index (χ0v) is 13.0. The van der Waals surface area contributed by atoms with E-state index in [-0.39, 0.29) is 6.03 Å². The average molecular weight is 303 g/mol. The molecule has 5 nitrogen and oxygen atoms in total. The third-order valence-electron chi connectivity index (χ3n) is 4.44. The van der Waals surface area contributed by atoms with Gasteiger partial charge in [0.25, 0.3) is 0 Å². The maximum atomic E-state index is 12.3. The van der Waals surface area contributed by atoms with Gasteiger partial charge < -0.3 is 20.3 Å². The first-order chi connectivity index (χ1) is 10.8. The number of rotatable bonds is 3. The van der Waals surface area contributed by atoms with Crippen molar-refractivity contribution in [3.8, 4) is 0 Å². The van der Waals surface area contributed by atoms with Crippen LogP contribution < -0.4 is 15.5 Å². The molecule has 0 radical (unpaired) electrons. The van der Waals surface area contributed by atoms with E-state index in [0.29, 0.717) is 6.04 Å². The Bertz CT molecular complexity index is 494. The molecule has 1 aromatic rings. The third kappa shape index (κ3) is 3.91. The molecule has 0 atom stereocenters. The molecule has 0 spiro atoms. The summed E-state index contributed by atoms with van der Waals surface area (Å²) in [5.41, 5.74) is 1.95. The summed E-state index contributed by atoms with van der Waals surface area (Å²) in [5.74, 6) is 0. The number of benzene rings is 1. The average Bonchev–Trinajstić information content (AvgIpc) is 2.57. The van der Waals surface area contributed by atoms with Crippen molar-refractivity contribution in [3.63, 3.8) is 0 Å². The highest BCUT2D eigenvalue weighted by molar-refractivity contribution is 5.93. The van der Waals surface area contributed by atoms with Gasteiger partial charge in [0.15, 0.2) is 0 Å². The van der Waals surface area contributed by atoms with Gasteiger partial charge in [-0.25, -0.2) is 4.79 Å². The molecule has 22 heavy (non-hydrogen) atoms. The van der Waals surface area contributed by atoms with Gasteiger partial charge in [-0.05, 0) is 25.0 Å². The van der Waals surface area contributed by atoms with Crippen LogP contribution in [0.3, 0.4) is 0 Å². The Kier molecular flexibility index (Phi) is 5.16. The van der Waals surface area contributed by atoms with Gasteiger partial charge in [-0.3, -0.25) is 0 Å². The van der Waals surface area contributed by atoms with Crippen molar-refractivity contribution in [2.24, 2.45) is 0 Å². The minimum absolute atomic E-state index is 0.0902. The highest BCUT2D eigenvalue weighted by atomic mass is 16.5. The summed E-state index contributed by atoms with van der Waals surface area (Å²) in [6.07, 6.45) is 5.92. The first kappa shape index (κ1) is 15.2. The second-order valence-corrected chi connectivity index (χ2v) is 6.05. The second-order valence-electron chi connectivity index (χ2n) is 6.05. The molecule has 2 aliphatic rings. The number of amides is 2. The zero-order chi connectivity index (χ0) is 15.2. The molecule has 0 bridgehead atoms. The van der Waals surface area contributed by atoms with E-state index in [1.165, 1.54) is 19.3 Å². The van der Waals surface area contributed by atoms with Gasteiger partial charge in [-0.1, -0.05) is 31.4 Å². The lowest BCUT2D eigenvalue weighted by molar-refractivity contribution is 0.123. The van der Waals surface area contributed by atoms with E-state index in [9.17, 15) is 4.79 Å². The Morgan fingerprint density at radius 2 is 1.82 bits per heavy atom. The summed E-state index contributed by atoms with van der Waals surface area (Å²) in [4.78, 5) is 14.5. The molecule has 3 rings (SSSR count). The number of carbonyl (C=O) groups excluding carboxylic acids is 1. The maximum absolute atomic E-state index is 12.3. The Morgan fingerprint density at radius 3 is 2.59 bits per heavy atom. The van der Waals surface area contributed by atoms with E-state index in [4.69, 9.17) is 4.74 Å². The monoisotopic (exact) mass is 303 g/mol. The summed E-state index contributed by atoms with van der Waals surface area (Å²) in [6, 6.07) is 8.22. The fraction of sp³-hybridized carbons (Fsp3) is 0.588. The number of nitrogens with zero attached hydrogens (tertiary/aromatic N) is 1. The normalized spacial score (nSPS) is 19.7. The molecular formula is C17H25N3O2. The van der Waals surface area contributed by atoms with Gasteiger partial charge in [-0.2, -0.15) is 0 Å². The van der Waals surface area contributed by atoms with E-state index in [0.717, 1.165) is 50.5 Å². The molecule has 0 aromatic heterocycles. The van der Waals surface area contributed by atoms with Gasteiger partial charge in [-0.15, -0.1) is 0 Å². The van der Waals surface area contributed by atoms with Crippen LogP contribution in [-0.2, 0) is 4.74 Å². The first-order valence-electron chi connectivity index (χ1n) is 8.32. The molecule has 1 aliphatic carbocycles. The number of urea groups is 1. The molecule has 5 heteroatoms. The highest BCUT2D eigenvalue weighted by Gasteiger charge is 2.18. The van der Waals surface area contributed by atoms with Crippen LogP contribution >= 0.6 is 0 Å². The minimum Gasteiger partial charge on any atom is -0.378 e. The molecule has 1 aromatic carbocycles. The topological polar surface area (TPSA) is 53.6 Å². The SMILES string of the molecule is O=C(Nc1ccccc1N1CCOCC1)NC1CCCCC1. The number of anilines is 2. The van der Waals surface area contributed by atoms with E-state index in [2.05, 4.69) is 21.6 Å². The molecule has 1 saturated heterocycles. The van der Waals surface area contributed by atoms with Crippen LogP contribution in [0.2, 0.25) is 0 Å². The second kappa shape index (κ2) is 7.49. The quantitative estimate of drug-likeness (QED) is 0.902. The van der Waals surface area contributed by atoms with Crippen LogP contribution in [0.1, 0.15) is 32.1 Å². The molecule has 2 amide bonds. The zero-order valence-electron chi connectivity index (χ0n) is 13.0. The predicted molar refractivity (Wildman–Crippen MR) is 88.5 cm³/mol. The van der Waals surface area contributed by atoms with Gasteiger partial charge in [0.05, 0.1) is 24.6 Å². The number of morpholine rings is 1. The van der Waals surface area contributed by atoms with E-state index >= 15 is 0 Å². The first-order valence-corrected chi connectivity index (χ1v) is 8.32. The number of carbonyl (C=O) groups is 1. The Balaban J connectivity index is 1.62. The molecule has 1 saturated carbocycles. The van der Waals surface area contributed by atoms with Crippen LogP contribution in [0.5, 0.6) is 0 Å². The minimum atomic E-state index is -0.0902. The van der Waals surface area contributed by atoms with Crippen LogP contribution in [-0.4, -0.2) is 38.4 Å². The number of nitrogens with one attached hydrogen (secondary N) is 2. The van der Waals surface area contributed by atoms with Crippen LogP contribution in [0.25, 0.3) is 0 Å². The summed E-state index contributed by atoms with van der Waals surface area (Å²) in [5, 5.41) is 6.13. The van der Waals surface area contributed by atoms with Crippen molar-refractivity contribution >= 4 is 17.4 Å². The van der Waals surface area contributed by atoms with Gasteiger partial charge in [0.1, 0.15) is 0 Å². The Morgan fingerprint density at radius 1 is 1.09 bits per heavy atom. The van der Waals surface area contributed by atoms with Crippen molar-refractivity contribution in [2.45, 2.75) is 38.1 Å². The van der Waals surface area contributed by atoms with Crippen molar-refractivity contribution in [1.29, 1.82) is 0 Å². The summed E-state index contributed by atoms with van der Waals surface area (Å²) in [7, 11) is 0. The molecule has 2 fully saturated rings. The Labute approximate surface area is 132 Å². The van der Waals surface area contributed by atoms with Crippen molar-refractivity contribution < 1.29 is 9.53 Å². The summed E-state index contributed by atoms with van der Waals surface area (Å²) in [6.45, 7) is 3.21. The number of hydrogen-bond donors (Lipinski definition) is 2. The molecule has 1 aliphatic heterocycles. The largest absolute Gasteiger partial charge is 0.378 e. The van der Waals surface area contributed by atoms with Gasteiger partial charge in [0, 0.05) is 19.1 Å². The molecule has 0 unspecified atom stereocenters. The predicted octanol–water partition coefficient (Wildman–Crippen LogP) is 2.98. The van der Waals surface area contributed by atoms with Crippen LogP contribution in [0.15, 0.2) is 24.3 Å². The Hall–Kier alpha value is -1.75. The van der Waals surface area contributed by atoms with Gasteiger partial charge >= 0.3 is 6.03 Å². The maximum Gasteiger partial charge on any atom is 0.319 e. The number of para-hydroxylation sites is 2. The van der Waals surface area contributed by atoms with Crippen molar-refractivity contribution in [1.82, 2.24) is 5.32 Å². The van der Waals surface area contributed by atoms with Crippen molar-refractivity contribution in [2.75, 3.05) is 36.5 Å². The molecule has 2 N–H and O–H groups in total. The standard InChI is InChI=1S/C17H25N3O2/c21-17(18-14-6-2-1-3-7-14)19-15-8-4-5-9-16(15)20-10-12-22-13-11-20/h4-5,8-9,14H,1-3,6-7,10-13H2,(H2,18,19,21). The van der Waals surface area contributed by atoms with E-state index in [1.54, 1.807) is 0 Å². The lowest BCUT2D eigenvalue weighted by atomic mass is 9.96. The lowest BCUT2D eigenvalue weighted by Crippen LogP contribution is -2.40. The van der Waals surface area contributed by atoms with Crippen LogP contribution in [0, 0.1) is 0 Å². The fourth-order valence-corrected chi connectivity index (χ4v) is 3.25. The lowest BCUT2D eigenvalue weighted by Gasteiger charge is -2.30. The molecule has 120 valence electrons. The number of ether oxygens (including phenoxy) is 1.